The molecule has 0 aliphatic heterocycles. The molecule has 1 heterocycles. The lowest BCUT2D eigenvalue weighted by molar-refractivity contribution is -0.124. The van der Waals surface area contributed by atoms with Crippen molar-refractivity contribution in [3.8, 4) is 0 Å². The average molecular weight is 262 g/mol. The molecule has 1 aromatic rings. The zero-order valence-corrected chi connectivity index (χ0v) is 10.0. The predicted molar refractivity (Wildman–Crippen MR) is 58.7 cm³/mol. The first-order valence-electron chi connectivity index (χ1n) is 4.10. The molecule has 0 fully saturated rings. The summed E-state index contributed by atoms with van der Waals surface area (Å²) >= 11 is 5.01. The van der Waals surface area contributed by atoms with E-state index in [0.717, 1.165) is 4.47 Å². The van der Waals surface area contributed by atoms with Gasteiger partial charge in [-0.2, -0.15) is 0 Å². The van der Waals surface area contributed by atoms with E-state index in [0.29, 0.717) is 6.54 Å². The quantitative estimate of drug-likeness (QED) is 0.891. The van der Waals surface area contributed by atoms with Crippen LogP contribution in [0.2, 0.25) is 0 Å². The molecule has 0 aliphatic carbocycles. The van der Waals surface area contributed by atoms with Gasteiger partial charge in [-0.15, -0.1) is 11.3 Å². The zero-order valence-electron chi connectivity index (χ0n) is 7.63. The summed E-state index contributed by atoms with van der Waals surface area (Å²) in [5.41, 5.74) is 0. The second kappa shape index (κ2) is 4.77. The molecule has 1 amide bonds. The summed E-state index contributed by atoms with van der Waals surface area (Å²) in [5, 5.41) is 4.87. The van der Waals surface area contributed by atoms with Gasteiger partial charge in [-0.05, 0) is 22.0 Å². The molecule has 0 aromatic carbocycles. The van der Waals surface area contributed by atoms with Gasteiger partial charge in [-0.3, -0.25) is 4.79 Å². The number of thiophene rings is 1. The Hall–Kier alpha value is -0.350. The second-order valence-electron chi connectivity index (χ2n) is 3.10. The van der Waals surface area contributed by atoms with E-state index in [2.05, 4.69) is 21.2 Å². The molecule has 0 spiro atoms. The highest BCUT2D eigenvalue weighted by Crippen LogP contribution is 2.19. The Morgan fingerprint density at radius 1 is 1.69 bits per heavy atom. The average Bonchev–Trinajstić information content (AvgIpc) is 2.47. The molecule has 2 nitrogen and oxygen atoms in total. The lowest BCUT2D eigenvalue weighted by atomic mass is 10.2. The van der Waals surface area contributed by atoms with Crippen molar-refractivity contribution in [1.82, 2.24) is 5.32 Å². The molecule has 0 unspecified atom stereocenters. The van der Waals surface area contributed by atoms with E-state index in [1.165, 1.54) is 4.88 Å². The zero-order chi connectivity index (χ0) is 9.84. The van der Waals surface area contributed by atoms with Crippen molar-refractivity contribution in [1.29, 1.82) is 0 Å². The molecule has 4 heteroatoms. The van der Waals surface area contributed by atoms with Crippen LogP contribution in [0.25, 0.3) is 0 Å². The van der Waals surface area contributed by atoms with Crippen LogP contribution >= 0.6 is 27.3 Å². The Morgan fingerprint density at radius 3 is 2.85 bits per heavy atom. The van der Waals surface area contributed by atoms with Crippen molar-refractivity contribution < 1.29 is 4.79 Å². The SMILES string of the molecule is CC(C)C(=O)NCc1cc(Br)cs1. The molecule has 0 radical (unpaired) electrons. The molecule has 13 heavy (non-hydrogen) atoms. The van der Waals surface area contributed by atoms with Gasteiger partial charge in [0.15, 0.2) is 0 Å². The Kier molecular flexibility index (Phi) is 3.93. The molecule has 0 bridgehead atoms. The fraction of sp³-hybridized carbons (Fsp3) is 0.444. The lowest BCUT2D eigenvalue weighted by Crippen LogP contribution is -2.26. The topological polar surface area (TPSA) is 29.1 Å². The Balaban J connectivity index is 2.39. The molecule has 1 rings (SSSR count). The van der Waals surface area contributed by atoms with Crippen molar-refractivity contribution in [2.24, 2.45) is 5.92 Å². The summed E-state index contributed by atoms with van der Waals surface area (Å²) in [6, 6.07) is 2.02. The minimum Gasteiger partial charge on any atom is -0.351 e. The number of hydrogen-bond acceptors (Lipinski definition) is 2. The third-order valence-corrected chi connectivity index (χ3v) is 3.28. The molecular weight excluding hydrogens is 250 g/mol. The number of rotatable bonds is 3. The number of carbonyl (C=O) groups is 1. The normalized spacial score (nSPS) is 10.5. The molecule has 0 saturated carbocycles. The van der Waals surface area contributed by atoms with Gasteiger partial charge >= 0.3 is 0 Å². The smallest absolute Gasteiger partial charge is 0.222 e. The fourth-order valence-corrected chi connectivity index (χ4v) is 2.22. The molecule has 72 valence electrons. The highest BCUT2D eigenvalue weighted by atomic mass is 79.9. The highest BCUT2D eigenvalue weighted by molar-refractivity contribution is 9.10. The summed E-state index contributed by atoms with van der Waals surface area (Å²) in [7, 11) is 0. The van der Waals surface area contributed by atoms with Crippen molar-refractivity contribution in [3.05, 3.63) is 20.8 Å². The molecule has 0 atom stereocenters. The minimum absolute atomic E-state index is 0.0587. The van der Waals surface area contributed by atoms with Crippen LogP contribution < -0.4 is 5.32 Å². The Morgan fingerprint density at radius 2 is 2.38 bits per heavy atom. The van der Waals surface area contributed by atoms with E-state index in [-0.39, 0.29) is 11.8 Å². The number of hydrogen-bond donors (Lipinski definition) is 1. The van der Waals surface area contributed by atoms with Crippen LogP contribution in [0.1, 0.15) is 18.7 Å². The van der Waals surface area contributed by atoms with E-state index in [9.17, 15) is 4.79 Å². The van der Waals surface area contributed by atoms with Gasteiger partial charge in [-0.25, -0.2) is 0 Å². The molecular formula is C9H12BrNOS. The molecule has 1 aromatic heterocycles. The van der Waals surface area contributed by atoms with Crippen LogP contribution in [-0.4, -0.2) is 5.91 Å². The summed E-state index contributed by atoms with van der Waals surface area (Å²) in [5.74, 6) is 0.160. The van der Waals surface area contributed by atoms with Crippen LogP contribution in [0.15, 0.2) is 15.9 Å². The number of amides is 1. The van der Waals surface area contributed by atoms with Gasteiger partial charge in [0.2, 0.25) is 5.91 Å². The van der Waals surface area contributed by atoms with Crippen molar-refractivity contribution in [3.63, 3.8) is 0 Å². The second-order valence-corrected chi connectivity index (χ2v) is 5.02. The minimum atomic E-state index is 0.0587. The van der Waals surface area contributed by atoms with Crippen LogP contribution in [0.5, 0.6) is 0 Å². The van der Waals surface area contributed by atoms with Crippen LogP contribution in [-0.2, 0) is 11.3 Å². The van der Waals surface area contributed by atoms with Gasteiger partial charge < -0.3 is 5.32 Å². The van der Waals surface area contributed by atoms with E-state index in [1.807, 2.05) is 25.3 Å². The summed E-state index contributed by atoms with van der Waals surface area (Å²) in [4.78, 5) is 12.4. The molecule has 0 saturated heterocycles. The Bertz CT molecular complexity index is 296. The van der Waals surface area contributed by atoms with E-state index < -0.39 is 0 Å². The molecule has 1 N–H and O–H groups in total. The third-order valence-electron chi connectivity index (χ3n) is 1.58. The number of nitrogens with one attached hydrogen (secondary N) is 1. The summed E-state index contributed by atoms with van der Waals surface area (Å²) in [6.45, 7) is 4.41. The van der Waals surface area contributed by atoms with Gasteiger partial charge in [-0.1, -0.05) is 13.8 Å². The van der Waals surface area contributed by atoms with E-state index in [1.54, 1.807) is 11.3 Å². The first-order chi connectivity index (χ1) is 6.09. The standard InChI is InChI=1S/C9H12BrNOS/c1-6(2)9(12)11-4-8-3-7(10)5-13-8/h3,5-6H,4H2,1-2H3,(H,11,12). The summed E-state index contributed by atoms with van der Waals surface area (Å²) < 4.78 is 1.08. The maximum atomic E-state index is 11.2. The van der Waals surface area contributed by atoms with Crippen LogP contribution in [0, 0.1) is 5.92 Å². The maximum Gasteiger partial charge on any atom is 0.222 e. The first kappa shape index (κ1) is 10.7. The monoisotopic (exact) mass is 261 g/mol. The predicted octanol–water partition coefficient (Wildman–Crippen LogP) is 2.78. The fourth-order valence-electron chi connectivity index (χ4n) is 0.825. The van der Waals surface area contributed by atoms with Gasteiger partial charge in [0.05, 0.1) is 6.54 Å². The maximum absolute atomic E-state index is 11.2. The van der Waals surface area contributed by atoms with Crippen LogP contribution in [0.3, 0.4) is 0 Å². The van der Waals surface area contributed by atoms with Gasteiger partial charge in [0.1, 0.15) is 0 Å². The number of carbonyl (C=O) groups excluding carboxylic acids is 1. The van der Waals surface area contributed by atoms with Gasteiger partial charge in [0, 0.05) is 20.6 Å². The summed E-state index contributed by atoms with van der Waals surface area (Å²) in [6.07, 6.45) is 0. The highest BCUT2D eigenvalue weighted by Gasteiger charge is 2.06. The van der Waals surface area contributed by atoms with Crippen molar-refractivity contribution in [2.75, 3.05) is 0 Å². The largest absolute Gasteiger partial charge is 0.351 e. The van der Waals surface area contributed by atoms with E-state index in [4.69, 9.17) is 0 Å². The first-order valence-corrected chi connectivity index (χ1v) is 5.77. The van der Waals surface area contributed by atoms with Gasteiger partial charge in [0.25, 0.3) is 0 Å². The lowest BCUT2D eigenvalue weighted by Gasteiger charge is -2.05. The Labute approximate surface area is 90.5 Å². The van der Waals surface area contributed by atoms with E-state index >= 15 is 0 Å². The van der Waals surface area contributed by atoms with Crippen molar-refractivity contribution in [2.45, 2.75) is 20.4 Å². The third kappa shape index (κ3) is 3.48. The van der Waals surface area contributed by atoms with Crippen LogP contribution in [0.4, 0.5) is 0 Å². The number of halogens is 1. The van der Waals surface area contributed by atoms with Crippen molar-refractivity contribution >= 4 is 33.2 Å². The molecule has 0 aliphatic rings.